The van der Waals surface area contributed by atoms with Crippen LogP contribution in [0.15, 0.2) is 101 Å². The van der Waals surface area contributed by atoms with E-state index in [9.17, 15) is 13.5 Å². The lowest BCUT2D eigenvalue weighted by molar-refractivity contribution is 0.0269. The first-order valence-electron chi connectivity index (χ1n) is 9.89. The van der Waals surface area contributed by atoms with Crippen LogP contribution in [0, 0.1) is 0 Å². The van der Waals surface area contributed by atoms with Gasteiger partial charge in [-0.05, 0) is 47.2 Å². The van der Waals surface area contributed by atoms with Crippen molar-refractivity contribution in [3.05, 3.63) is 97.0 Å². The number of nitrogens with zero attached hydrogens (tertiary/aromatic N) is 1. The van der Waals surface area contributed by atoms with E-state index in [2.05, 4.69) is 0 Å². The molecule has 1 N–H and O–H groups in total. The van der Waals surface area contributed by atoms with Gasteiger partial charge in [-0.15, -0.1) is 0 Å². The minimum atomic E-state index is -3.91. The number of furan rings is 1. The first kappa shape index (κ1) is 21.1. The van der Waals surface area contributed by atoms with Gasteiger partial charge >= 0.3 is 0 Å². The Morgan fingerprint density at radius 3 is 2.39 bits per heavy atom. The number of anilines is 1. The molecule has 0 fully saturated rings. The number of hydrogen-bond acceptors (Lipinski definition) is 5. The molecule has 31 heavy (non-hydrogen) atoms. The van der Waals surface area contributed by atoms with Gasteiger partial charge in [0.15, 0.2) is 0 Å². The zero-order valence-corrected chi connectivity index (χ0v) is 17.6. The van der Waals surface area contributed by atoms with Crippen LogP contribution in [-0.4, -0.2) is 32.8 Å². The molecule has 0 radical (unpaired) electrons. The van der Waals surface area contributed by atoms with E-state index in [1.54, 1.807) is 60.9 Å². The maximum atomic E-state index is 13.5. The van der Waals surface area contributed by atoms with Crippen LogP contribution in [0.25, 0.3) is 10.8 Å². The third kappa shape index (κ3) is 4.96. The number of aliphatic hydroxyl groups is 1. The van der Waals surface area contributed by atoms with Gasteiger partial charge in [0.1, 0.15) is 12.4 Å². The molecule has 160 valence electrons. The van der Waals surface area contributed by atoms with Gasteiger partial charge in [0.25, 0.3) is 10.0 Å². The van der Waals surface area contributed by atoms with E-state index in [1.165, 1.54) is 4.31 Å². The molecule has 0 amide bonds. The highest BCUT2D eigenvalue weighted by Crippen LogP contribution is 2.26. The summed E-state index contributed by atoms with van der Waals surface area (Å²) < 4.78 is 39.0. The van der Waals surface area contributed by atoms with Gasteiger partial charge in [-0.25, -0.2) is 8.42 Å². The van der Waals surface area contributed by atoms with Crippen LogP contribution in [0.1, 0.15) is 5.76 Å². The van der Waals surface area contributed by atoms with Crippen molar-refractivity contribution in [1.82, 2.24) is 0 Å². The Morgan fingerprint density at radius 2 is 1.65 bits per heavy atom. The maximum absolute atomic E-state index is 13.5. The van der Waals surface area contributed by atoms with Crippen LogP contribution < -0.4 is 4.31 Å². The molecule has 1 atom stereocenters. The Hall–Kier alpha value is -3.13. The highest BCUT2D eigenvalue weighted by molar-refractivity contribution is 7.92. The lowest BCUT2D eigenvalue weighted by Gasteiger charge is -2.27. The van der Waals surface area contributed by atoms with E-state index >= 15 is 0 Å². The number of hydrogen-bond donors (Lipinski definition) is 1. The Morgan fingerprint density at radius 1 is 0.903 bits per heavy atom. The van der Waals surface area contributed by atoms with Crippen LogP contribution in [0.5, 0.6) is 0 Å². The fraction of sp³-hybridized carbons (Fsp3) is 0.167. The Kier molecular flexibility index (Phi) is 6.36. The number of para-hydroxylation sites is 1. The molecule has 3 aromatic carbocycles. The van der Waals surface area contributed by atoms with Gasteiger partial charge in [-0.3, -0.25) is 4.31 Å². The number of benzene rings is 3. The minimum Gasteiger partial charge on any atom is -0.467 e. The van der Waals surface area contributed by atoms with Gasteiger partial charge in [0.2, 0.25) is 0 Å². The predicted molar refractivity (Wildman–Crippen MR) is 119 cm³/mol. The first-order valence-corrected chi connectivity index (χ1v) is 11.3. The summed E-state index contributed by atoms with van der Waals surface area (Å²) >= 11 is 0. The van der Waals surface area contributed by atoms with Gasteiger partial charge in [-0.1, -0.05) is 48.5 Å². The van der Waals surface area contributed by atoms with E-state index in [1.807, 2.05) is 30.3 Å². The quantitative estimate of drug-likeness (QED) is 0.424. The van der Waals surface area contributed by atoms with Crippen LogP contribution in [-0.2, 0) is 21.4 Å². The molecule has 7 heteroatoms. The van der Waals surface area contributed by atoms with Crippen LogP contribution in [0.3, 0.4) is 0 Å². The highest BCUT2D eigenvalue weighted by atomic mass is 32.2. The number of rotatable bonds is 9. The molecule has 1 heterocycles. The largest absolute Gasteiger partial charge is 0.467 e. The molecular weight excluding hydrogens is 414 g/mol. The van der Waals surface area contributed by atoms with Gasteiger partial charge in [0, 0.05) is 0 Å². The summed E-state index contributed by atoms with van der Waals surface area (Å²) in [5.41, 5.74) is 0.473. The van der Waals surface area contributed by atoms with E-state index in [0.717, 1.165) is 10.8 Å². The summed E-state index contributed by atoms with van der Waals surface area (Å²) in [4.78, 5) is 0.166. The summed E-state index contributed by atoms with van der Waals surface area (Å²) in [6.07, 6.45) is 0.521. The lowest BCUT2D eigenvalue weighted by Crippen LogP contribution is -2.39. The predicted octanol–water partition coefficient (Wildman–Crippen LogP) is 4.21. The first-order chi connectivity index (χ1) is 15.0. The molecule has 0 aliphatic carbocycles. The minimum absolute atomic E-state index is 0.0305. The molecule has 0 unspecified atom stereocenters. The molecule has 0 aliphatic heterocycles. The summed E-state index contributed by atoms with van der Waals surface area (Å²) in [7, 11) is -3.91. The molecular formula is C24H23NO5S. The SMILES string of the molecule is O=S(=O)(c1ccc2ccccc2c1)N(C[C@H](O)COCc1ccco1)c1ccccc1. The van der Waals surface area contributed by atoms with Gasteiger partial charge in [0.05, 0.1) is 36.1 Å². The number of sulfonamides is 1. The Balaban J connectivity index is 1.57. The van der Waals surface area contributed by atoms with Crippen molar-refractivity contribution < 1.29 is 22.7 Å². The molecule has 0 spiro atoms. The highest BCUT2D eigenvalue weighted by Gasteiger charge is 2.27. The van der Waals surface area contributed by atoms with E-state index < -0.39 is 16.1 Å². The van der Waals surface area contributed by atoms with E-state index in [0.29, 0.717) is 11.4 Å². The second-order valence-electron chi connectivity index (χ2n) is 7.13. The maximum Gasteiger partial charge on any atom is 0.264 e. The fourth-order valence-electron chi connectivity index (χ4n) is 3.33. The molecule has 4 rings (SSSR count). The molecule has 0 saturated carbocycles. The number of ether oxygens (including phenoxy) is 1. The van der Waals surface area contributed by atoms with Crippen molar-refractivity contribution >= 4 is 26.5 Å². The number of fused-ring (bicyclic) bond motifs is 1. The summed E-state index contributed by atoms with van der Waals surface area (Å²) in [5, 5.41) is 12.3. The van der Waals surface area contributed by atoms with Crippen molar-refractivity contribution in [3.8, 4) is 0 Å². The standard InChI is InChI=1S/C24H23NO5S/c26-22(17-29-18-23-11-6-14-30-23)16-25(21-9-2-1-3-10-21)31(27,28)24-13-12-19-7-4-5-8-20(19)15-24/h1-15,22,26H,16-18H2/t22-/m0/s1. The van der Waals surface area contributed by atoms with Gasteiger partial charge in [-0.2, -0.15) is 0 Å². The van der Waals surface area contributed by atoms with Gasteiger partial charge < -0.3 is 14.3 Å². The summed E-state index contributed by atoms with van der Waals surface area (Å²) in [5.74, 6) is 0.635. The molecule has 0 saturated heterocycles. The average molecular weight is 438 g/mol. The van der Waals surface area contributed by atoms with Crippen molar-refractivity contribution in [2.24, 2.45) is 0 Å². The van der Waals surface area contributed by atoms with Crippen molar-refractivity contribution in [2.45, 2.75) is 17.6 Å². The van der Waals surface area contributed by atoms with E-state index in [4.69, 9.17) is 9.15 Å². The fourth-order valence-corrected chi connectivity index (χ4v) is 4.86. The zero-order valence-electron chi connectivity index (χ0n) is 16.8. The van der Waals surface area contributed by atoms with Crippen LogP contribution >= 0.6 is 0 Å². The Labute approximate surface area is 181 Å². The zero-order chi connectivity index (χ0) is 21.7. The van der Waals surface area contributed by atoms with E-state index in [-0.39, 0.29) is 24.7 Å². The summed E-state index contributed by atoms with van der Waals surface area (Å²) in [6, 6.07) is 24.9. The molecule has 0 bridgehead atoms. The molecule has 0 aliphatic rings. The second-order valence-corrected chi connectivity index (χ2v) is 8.99. The average Bonchev–Trinajstić information content (AvgIpc) is 3.31. The van der Waals surface area contributed by atoms with Crippen molar-refractivity contribution in [3.63, 3.8) is 0 Å². The van der Waals surface area contributed by atoms with Crippen molar-refractivity contribution in [1.29, 1.82) is 0 Å². The van der Waals surface area contributed by atoms with Crippen molar-refractivity contribution in [2.75, 3.05) is 17.5 Å². The smallest absolute Gasteiger partial charge is 0.264 e. The van der Waals surface area contributed by atoms with Crippen LogP contribution in [0.4, 0.5) is 5.69 Å². The summed E-state index contributed by atoms with van der Waals surface area (Å²) in [6.45, 7) is 0.0292. The monoisotopic (exact) mass is 437 g/mol. The lowest BCUT2D eigenvalue weighted by atomic mass is 10.1. The molecule has 4 aromatic rings. The third-order valence-corrected chi connectivity index (χ3v) is 6.65. The molecule has 1 aromatic heterocycles. The van der Waals surface area contributed by atoms with Crippen LogP contribution in [0.2, 0.25) is 0 Å². The topological polar surface area (TPSA) is 80.0 Å². The molecule has 6 nitrogen and oxygen atoms in total. The Bertz CT molecular complexity index is 1220. The normalized spacial score (nSPS) is 12.7. The third-order valence-electron chi connectivity index (χ3n) is 4.86. The second kappa shape index (κ2) is 9.34. The number of aliphatic hydroxyl groups excluding tert-OH is 1.